The van der Waals surface area contributed by atoms with Gasteiger partial charge in [-0.25, -0.2) is 9.37 Å². The van der Waals surface area contributed by atoms with Crippen molar-refractivity contribution in [2.24, 2.45) is 0 Å². The molecular weight excluding hydrogens is 387 g/mol. The number of anilines is 2. The number of nitrogens with zero attached hydrogens (tertiary/aromatic N) is 3. The van der Waals surface area contributed by atoms with Gasteiger partial charge in [-0.15, -0.1) is 0 Å². The molecule has 1 N–H and O–H groups in total. The van der Waals surface area contributed by atoms with Crippen LogP contribution in [0.25, 0.3) is 11.0 Å². The molecule has 126 valence electrons. The number of rotatable bonds is 2. The van der Waals surface area contributed by atoms with Crippen LogP contribution in [0.15, 0.2) is 33.3 Å². The predicted molar refractivity (Wildman–Crippen MR) is 96.1 cm³/mol. The summed E-state index contributed by atoms with van der Waals surface area (Å²) in [4.78, 5) is 6.45. The number of aromatic nitrogens is 1. The third kappa shape index (κ3) is 2.77. The number of hydrogen-bond acceptors (Lipinski definition) is 5. The van der Waals surface area contributed by atoms with Crippen molar-refractivity contribution < 1.29 is 8.81 Å². The number of benzene rings is 1. The summed E-state index contributed by atoms with van der Waals surface area (Å²) in [5.41, 5.74) is 2.67. The zero-order valence-electron chi connectivity index (χ0n) is 13.4. The summed E-state index contributed by atoms with van der Waals surface area (Å²) in [7, 11) is 2.03. The molecule has 0 bridgehead atoms. The zero-order chi connectivity index (χ0) is 17.6. The van der Waals surface area contributed by atoms with Crippen LogP contribution in [-0.4, -0.2) is 23.5 Å². The molecule has 5 nitrogen and oxygen atoms in total. The molecule has 0 amide bonds. The zero-order valence-corrected chi connectivity index (χ0v) is 15.0. The van der Waals surface area contributed by atoms with Crippen molar-refractivity contribution in [2.45, 2.75) is 13.0 Å². The van der Waals surface area contributed by atoms with Gasteiger partial charge in [0, 0.05) is 24.5 Å². The van der Waals surface area contributed by atoms with Gasteiger partial charge in [-0.05, 0) is 46.6 Å². The lowest BCUT2D eigenvalue weighted by Crippen LogP contribution is -2.27. The maximum atomic E-state index is 14.9. The number of nitrogens with one attached hydrogen (secondary N) is 1. The van der Waals surface area contributed by atoms with Gasteiger partial charge >= 0.3 is 0 Å². The molecule has 0 unspecified atom stereocenters. The minimum Gasteiger partial charge on any atom is -0.444 e. The second-order valence-corrected chi connectivity index (χ2v) is 6.89. The Morgan fingerprint density at radius 2 is 2.28 bits per heavy atom. The minimum absolute atomic E-state index is 0.207. The first-order chi connectivity index (χ1) is 12.1. The van der Waals surface area contributed by atoms with Crippen LogP contribution in [0.4, 0.5) is 15.9 Å². The molecule has 0 fully saturated rings. The van der Waals surface area contributed by atoms with Crippen molar-refractivity contribution in [3.8, 4) is 6.07 Å². The molecule has 0 spiro atoms. The van der Waals surface area contributed by atoms with Gasteiger partial charge in [0.25, 0.3) is 0 Å². The maximum absolute atomic E-state index is 14.9. The van der Waals surface area contributed by atoms with E-state index in [2.05, 4.69) is 31.1 Å². The largest absolute Gasteiger partial charge is 0.444 e. The Labute approximate surface area is 152 Å². The molecule has 3 aromatic rings. The third-order valence-electron chi connectivity index (χ3n) is 4.40. The van der Waals surface area contributed by atoms with Crippen molar-refractivity contribution in [3.05, 3.63) is 51.6 Å². The lowest BCUT2D eigenvalue weighted by Gasteiger charge is -2.26. The highest BCUT2D eigenvalue weighted by molar-refractivity contribution is 9.10. The van der Waals surface area contributed by atoms with E-state index in [1.807, 2.05) is 19.2 Å². The molecule has 4 rings (SSSR count). The van der Waals surface area contributed by atoms with E-state index in [9.17, 15) is 4.39 Å². The van der Waals surface area contributed by atoms with Crippen molar-refractivity contribution in [1.29, 1.82) is 5.26 Å². The molecule has 0 aliphatic carbocycles. The van der Waals surface area contributed by atoms with E-state index in [0.29, 0.717) is 33.4 Å². The van der Waals surface area contributed by atoms with E-state index in [0.717, 1.165) is 24.2 Å². The highest BCUT2D eigenvalue weighted by atomic mass is 79.9. The Morgan fingerprint density at radius 3 is 3.08 bits per heavy atom. The molecule has 7 heteroatoms. The molecule has 3 heterocycles. The summed E-state index contributed by atoms with van der Waals surface area (Å²) < 4.78 is 20.9. The van der Waals surface area contributed by atoms with Crippen molar-refractivity contribution in [2.75, 3.05) is 18.9 Å². The number of halogens is 2. The molecule has 1 aliphatic rings. The monoisotopic (exact) mass is 400 g/mol. The van der Waals surface area contributed by atoms with Gasteiger partial charge in [0.2, 0.25) is 5.76 Å². The smallest absolute Gasteiger partial charge is 0.204 e. The van der Waals surface area contributed by atoms with Gasteiger partial charge in [-0.1, -0.05) is 6.07 Å². The van der Waals surface area contributed by atoms with Crippen molar-refractivity contribution >= 4 is 38.4 Å². The highest BCUT2D eigenvalue weighted by Gasteiger charge is 2.20. The van der Waals surface area contributed by atoms with Crippen LogP contribution >= 0.6 is 15.9 Å². The summed E-state index contributed by atoms with van der Waals surface area (Å²) in [6.07, 6.45) is 2.21. The summed E-state index contributed by atoms with van der Waals surface area (Å²) >= 11 is 3.47. The summed E-state index contributed by atoms with van der Waals surface area (Å²) in [6, 6.07) is 7.28. The number of likely N-dealkylation sites (N-methyl/N-ethyl adjacent to an activating group) is 1. The Bertz CT molecular complexity index is 1020. The SMILES string of the molecule is CN1CCc2c(ccc(Nc3ncc4oc(C#N)cc4c3Br)c2F)C1. The predicted octanol–water partition coefficient (Wildman–Crippen LogP) is 4.33. The van der Waals surface area contributed by atoms with Crippen LogP contribution in [0.2, 0.25) is 0 Å². The first kappa shape index (κ1) is 16.1. The van der Waals surface area contributed by atoms with Crippen molar-refractivity contribution in [3.63, 3.8) is 0 Å². The second-order valence-electron chi connectivity index (χ2n) is 6.10. The van der Waals surface area contributed by atoms with Crippen LogP contribution in [0.5, 0.6) is 0 Å². The molecule has 0 radical (unpaired) electrons. The van der Waals surface area contributed by atoms with Crippen LogP contribution in [0.1, 0.15) is 16.9 Å². The fraction of sp³-hybridized carbons (Fsp3) is 0.222. The van der Waals surface area contributed by atoms with Crippen molar-refractivity contribution in [1.82, 2.24) is 9.88 Å². The summed E-state index contributed by atoms with van der Waals surface area (Å²) in [6.45, 7) is 1.60. The van der Waals surface area contributed by atoms with Crippen LogP contribution in [0, 0.1) is 17.1 Å². The normalized spacial score (nSPS) is 14.3. The van der Waals surface area contributed by atoms with E-state index < -0.39 is 0 Å². The van der Waals surface area contributed by atoms with Gasteiger partial charge in [0.1, 0.15) is 17.7 Å². The molecule has 0 saturated heterocycles. The van der Waals surface area contributed by atoms with Gasteiger partial charge in [-0.3, -0.25) is 0 Å². The minimum atomic E-state index is -0.232. The number of hydrogen-bond donors (Lipinski definition) is 1. The van der Waals surface area contributed by atoms with Gasteiger partial charge in [0.05, 0.1) is 16.4 Å². The lowest BCUT2D eigenvalue weighted by molar-refractivity contribution is 0.309. The van der Waals surface area contributed by atoms with E-state index in [1.54, 1.807) is 12.1 Å². The Balaban J connectivity index is 1.72. The molecule has 1 aliphatic heterocycles. The molecule has 2 aromatic heterocycles. The standard InChI is InChI=1S/C18H14BrFN4O/c1-24-5-4-12-10(9-24)2-3-14(17(12)20)23-18-16(19)13-6-11(7-21)25-15(13)8-22-18/h2-3,6,8H,4-5,9H2,1H3,(H,22,23). The quantitative estimate of drug-likeness (QED) is 0.693. The summed E-state index contributed by atoms with van der Waals surface area (Å²) in [5, 5.41) is 12.7. The third-order valence-corrected chi connectivity index (χ3v) is 5.21. The van der Waals surface area contributed by atoms with E-state index >= 15 is 0 Å². The average molecular weight is 401 g/mol. The maximum Gasteiger partial charge on any atom is 0.204 e. The molecule has 25 heavy (non-hydrogen) atoms. The molecule has 1 aromatic carbocycles. The fourth-order valence-corrected chi connectivity index (χ4v) is 3.61. The van der Waals surface area contributed by atoms with E-state index in [-0.39, 0.29) is 11.6 Å². The van der Waals surface area contributed by atoms with Crippen LogP contribution in [0.3, 0.4) is 0 Å². The Kier molecular flexibility index (Phi) is 3.94. The topological polar surface area (TPSA) is 65.1 Å². The van der Waals surface area contributed by atoms with Gasteiger partial charge in [0.15, 0.2) is 5.58 Å². The van der Waals surface area contributed by atoms with Crippen LogP contribution in [-0.2, 0) is 13.0 Å². The summed E-state index contributed by atoms with van der Waals surface area (Å²) in [5.74, 6) is 0.451. The average Bonchev–Trinajstić information content (AvgIpc) is 3.04. The van der Waals surface area contributed by atoms with E-state index in [1.165, 1.54) is 6.20 Å². The number of fused-ring (bicyclic) bond motifs is 2. The number of furan rings is 1. The van der Waals surface area contributed by atoms with Gasteiger partial charge < -0.3 is 14.6 Å². The fourth-order valence-electron chi connectivity index (χ4n) is 3.10. The molecular formula is C18H14BrFN4O. The second kappa shape index (κ2) is 6.14. The Hall–Kier alpha value is -2.43. The highest BCUT2D eigenvalue weighted by Crippen LogP contribution is 2.35. The number of nitriles is 1. The Morgan fingerprint density at radius 1 is 1.44 bits per heavy atom. The first-order valence-corrected chi connectivity index (χ1v) is 8.60. The van der Waals surface area contributed by atoms with Crippen LogP contribution < -0.4 is 5.32 Å². The number of pyridine rings is 1. The lowest BCUT2D eigenvalue weighted by atomic mass is 9.98. The molecule has 0 saturated carbocycles. The first-order valence-electron chi connectivity index (χ1n) is 7.81. The van der Waals surface area contributed by atoms with E-state index in [4.69, 9.17) is 9.68 Å². The molecule has 0 atom stereocenters. The van der Waals surface area contributed by atoms with Gasteiger partial charge in [-0.2, -0.15) is 5.26 Å².